The number of aliphatic hydroxyl groups is 5. The smallest absolute Gasteiger partial charge is 0.319 e. The van der Waals surface area contributed by atoms with Crippen LogP contribution in [0.3, 0.4) is 0 Å². The molecular formula is C31H51Cl2N3O8. The monoisotopic (exact) mass is 663 g/mol. The first-order valence-corrected chi connectivity index (χ1v) is 16.0. The summed E-state index contributed by atoms with van der Waals surface area (Å²) in [5, 5.41) is 62.3. The zero-order valence-electron chi connectivity index (χ0n) is 26.8. The van der Waals surface area contributed by atoms with Gasteiger partial charge in [-0.3, -0.25) is 9.69 Å². The average Bonchev–Trinajstić information content (AvgIpc) is 2.95. The number of anilines is 1. The topological polar surface area (TPSA) is 172 Å². The van der Waals surface area contributed by atoms with Crippen LogP contribution in [0.5, 0.6) is 0 Å². The highest BCUT2D eigenvalue weighted by atomic mass is 35.5. The van der Waals surface area contributed by atoms with Gasteiger partial charge in [0.2, 0.25) is 0 Å². The Morgan fingerprint density at radius 2 is 1.70 bits per heavy atom. The third-order valence-corrected chi connectivity index (χ3v) is 9.60. The second-order valence-electron chi connectivity index (χ2n) is 12.9. The molecule has 0 aromatic heterocycles. The Morgan fingerprint density at radius 1 is 1.07 bits per heavy atom. The van der Waals surface area contributed by atoms with Crippen LogP contribution in [0.15, 0.2) is 18.2 Å². The number of amides is 2. The van der Waals surface area contributed by atoms with Gasteiger partial charge in [0.1, 0.15) is 17.8 Å². The van der Waals surface area contributed by atoms with Gasteiger partial charge in [-0.25, -0.2) is 4.79 Å². The molecule has 1 aromatic rings. The Labute approximate surface area is 270 Å². The molecule has 0 spiro atoms. The lowest BCUT2D eigenvalue weighted by atomic mass is 9.78. The fourth-order valence-electron chi connectivity index (χ4n) is 6.08. The molecule has 2 amide bonds. The Bertz CT molecular complexity index is 1110. The van der Waals surface area contributed by atoms with Crippen molar-refractivity contribution in [1.82, 2.24) is 10.2 Å². The Morgan fingerprint density at radius 3 is 2.30 bits per heavy atom. The van der Waals surface area contributed by atoms with E-state index < -0.39 is 65.5 Å². The molecule has 1 aliphatic heterocycles. The number of cyclic esters (lactones) is 1. The van der Waals surface area contributed by atoms with Crippen molar-refractivity contribution < 1.29 is 39.9 Å². The van der Waals surface area contributed by atoms with Crippen LogP contribution in [-0.2, 0) is 9.53 Å². The highest BCUT2D eigenvalue weighted by molar-refractivity contribution is 6.42. The lowest BCUT2D eigenvalue weighted by Crippen LogP contribution is -2.59. The number of urea groups is 1. The number of carbonyl (C=O) groups excluding carboxylic acids is 2. The Hall–Kier alpha value is -1.70. The van der Waals surface area contributed by atoms with E-state index in [-0.39, 0.29) is 25.3 Å². The lowest BCUT2D eigenvalue weighted by Gasteiger charge is -2.43. The third kappa shape index (κ3) is 9.90. The molecule has 0 aliphatic carbocycles. The standard InChI is InChI=1S/C31H51Cl2N3O8/c1-8-24-31(7,43)27(39)20(5)36(13-9-12-34-29(41)35-21-10-11-22(32)23(33)14-21)16-17(2)15-30(6,42)26(38)18(3)25(37)19(4)28(40)44-24/h10-11,14,17-20,24-27,37-39,42-43H,8-9,12-13,15-16H2,1-7H3,(H2,34,35,41)/t17-,18+,19-,20-,24-,25+,26-,27-,30-,31-/m1/s1. The van der Waals surface area contributed by atoms with Crippen molar-refractivity contribution in [2.45, 2.75) is 109 Å². The van der Waals surface area contributed by atoms with Crippen LogP contribution in [-0.4, -0.2) is 104 Å². The number of ether oxygens (including phenoxy) is 1. The van der Waals surface area contributed by atoms with E-state index in [1.165, 1.54) is 26.8 Å². The molecule has 1 saturated heterocycles. The number of hydrogen-bond acceptors (Lipinski definition) is 9. The van der Waals surface area contributed by atoms with Gasteiger partial charge in [0.25, 0.3) is 0 Å². The minimum Gasteiger partial charge on any atom is -0.459 e. The van der Waals surface area contributed by atoms with Gasteiger partial charge < -0.3 is 40.9 Å². The van der Waals surface area contributed by atoms with E-state index >= 15 is 0 Å². The van der Waals surface area contributed by atoms with Crippen molar-refractivity contribution >= 4 is 40.9 Å². The minimum atomic E-state index is -1.84. The number of esters is 1. The van der Waals surface area contributed by atoms with Crippen LogP contribution in [0.1, 0.15) is 67.7 Å². The molecule has 11 nitrogen and oxygen atoms in total. The maximum Gasteiger partial charge on any atom is 0.319 e. The molecular weight excluding hydrogens is 613 g/mol. The summed E-state index contributed by atoms with van der Waals surface area (Å²) in [5.41, 5.74) is -2.96. The van der Waals surface area contributed by atoms with E-state index in [0.717, 1.165) is 0 Å². The average molecular weight is 665 g/mol. The number of benzene rings is 1. The van der Waals surface area contributed by atoms with E-state index in [9.17, 15) is 35.1 Å². The summed E-state index contributed by atoms with van der Waals surface area (Å²) in [7, 11) is 0. The van der Waals surface area contributed by atoms with E-state index in [2.05, 4.69) is 10.6 Å². The first kappa shape index (κ1) is 38.5. The summed E-state index contributed by atoms with van der Waals surface area (Å²) in [6.07, 6.45) is -4.27. The summed E-state index contributed by atoms with van der Waals surface area (Å²) in [4.78, 5) is 27.4. The van der Waals surface area contributed by atoms with Gasteiger partial charge in [-0.05, 0) is 71.1 Å². The van der Waals surface area contributed by atoms with E-state index in [0.29, 0.717) is 35.2 Å². The first-order valence-electron chi connectivity index (χ1n) is 15.3. The van der Waals surface area contributed by atoms with E-state index in [1.807, 2.05) is 11.8 Å². The summed E-state index contributed by atoms with van der Waals surface area (Å²) in [5.74, 6) is -2.91. The number of aliphatic hydroxyl groups excluding tert-OH is 3. The molecule has 7 N–H and O–H groups in total. The zero-order valence-corrected chi connectivity index (χ0v) is 28.3. The number of halogens is 2. The van der Waals surface area contributed by atoms with E-state index in [4.69, 9.17) is 27.9 Å². The predicted molar refractivity (Wildman–Crippen MR) is 171 cm³/mol. The van der Waals surface area contributed by atoms with Crippen molar-refractivity contribution in [3.8, 4) is 0 Å². The fourth-order valence-corrected chi connectivity index (χ4v) is 6.37. The normalized spacial score (nSPS) is 36.5. The van der Waals surface area contributed by atoms with Crippen molar-refractivity contribution in [2.75, 3.05) is 25.0 Å². The zero-order chi connectivity index (χ0) is 33.6. The molecule has 0 bridgehead atoms. The van der Waals surface area contributed by atoms with Crippen LogP contribution < -0.4 is 10.6 Å². The first-order chi connectivity index (χ1) is 20.3. The molecule has 10 atom stereocenters. The van der Waals surface area contributed by atoms with Crippen LogP contribution in [0.25, 0.3) is 0 Å². The van der Waals surface area contributed by atoms with Gasteiger partial charge in [0.15, 0.2) is 0 Å². The number of rotatable bonds is 6. The Kier molecular flexibility index (Phi) is 14.2. The second-order valence-corrected chi connectivity index (χ2v) is 13.7. The Balaban J connectivity index is 2.26. The van der Waals surface area contributed by atoms with Crippen LogP contribution in [0.2, 0.25) is 10.0 Å². The quantitative estimate of drug-likeness (QED) is 0.178. The number of carbonyl (C=O) groups is 2. The van der Waals surface area contributed by atoms with Crippen LogP contribution in [0.4, 0.5) is 10.5 Å². The largest absolute Gasteiger partial charge is 0.459 e. The van der Waals surface area contributed by atoms with Crippen molar-refractivity contribution in [3.63, 3.8) is 0 Å². The third-order valence-electron chi connectivity index (χ3n) is 8.86. The van der Waals surface area contributed by atoms with Gasteiger partial charge in [-0.15, -0.1) is 0 Å². The molecule has 1 fully saturated rings. The van der Waals surface area contributed by atoms with Crippen LogP contribution >= 0.6 is 23.2 Å². The SMILES string of the molecule is CC[C@H]1OC(=O)[C@H](C)[C@@H](O)[C@H](C)[C@@H](O)[C@](C)(O)C[C@@H](C)CN(CCCNC(=O)Nc2ccc(Cl)c(Cl)c2)[C@H](C)[C@@H](O)[C@]1(C)O. The summed E-state index contributed by atoms with van der Waals surface area (Å²) >= 11 is 11.9. The summed E-state index contributed by atoms with van der Waals surface area (Å²) in [6.45, 7) is 12.4. The van der Waals surface area contributed by atoms with Gasteiger partial charge in [-0.1, -0.05) is 44.0 Å². The molecule has 1 aliphatic rings. The molecule has 1 heterocycles. The predicted octanol–water partition coefficient (Wildman–Crippen LogP) is 3.41. The van der Waals surface area contributed by atoms with Gasteiger partial charge in [0.05, 0.1) is 33.8 Å². The second kappa shape index (κ2) is 16.2. The molecule has 0 saturated carbocycles. The van der Waals surface area contributed by atoms with Crippen molar-refractivity contribution in [2.24, 2.45) is 17.8 Å². The van der Waals surface area contributed by atoms with Crippen molar-refractivity contribution in [1.29, 1.82) is 0 Å². The number of nitrogens with zero attached hydrogens (tertiary/aromatic N) is 1. The summed E-state index contributed by atoms with van der Waals surface area (Å²) < 4.78 is 5.63. The molecule has 0 radical (unpaired) electrons. The maximum atomic E-state index is 13.0. The van der Waals surface area contributed by atoms with Crippen LogP contribution in [0, 0.1) is 17.8 Å². The van der Waals surface area contributed by atoms with E-state index in [1.54, 1.807) is 32.9 Å². The van der Waals surface area contributed by atoms with Gasteiger partial charge in [0, 0.05) is 37.3 Å². The molecule has 2 rings (SSSR count). The molecule has 252 valence electrons. The minimum absolute atomic E-state index is 0.154. The maximum absolute atomic E-state index is 13.0. The molecule has 13 heteroatoms. The fraction of sp³-hybridized carbons (Fsp3) is 0.742. The highest BCUT2D eigenvalue weighted by Crippen LogP contribution is 2.33. The molecule has 44 heavy (non-hydrogen) atoms. The number of nitrogens with one attached hydrogen (secondary N) is 2. The number of hydrogen-bond donors (Lipinski definition) is 7. The highest BCUT2D eigenvalue weighted by Gasteiger charge is 2.47. The van der Waals surface area contributed by atoms with Gasteiger partial charge in [-0.2, -0.15) is 0 Å². The van der Waals surface area contributed by atoms with Crippen molar-refractivity contribution in [3.05, 3.63) is 28.2 Å². The van der Waals surface area contributed by atoms with Gasteiger partial charge >= 0.3 is 12.0 Å². The summed E-state index contributed by atoms with van der Waals surface area (Å²) in [6, 6.07) is 3.67. The molecule has 1 aromatic carbocycles. The lowest BCUT2D eigenvalue weighted by molar-refractivity contribution is -0.193. The molecule has 0 unspecified atom stereocenters.